The number of carbonyl (C=O) groups excluding carboxylic acids is 1. The molecule has 0 radical (unpaired) electrons. The van der Waals surface area contributed by atoms with E-state index in [1.807, 2.05) is 13.8 Å². The number of hydrogen-bond acceptors (Lipinski definition) is 7. The van der Waals surface area contributed by atoms with Crippen LogP contribution in [0.4, 0.5) is 8.78 Å². The third-order valence-electron chi connectivity index (χ3n) is 5.73. The van der Waals surface area contributed by atoms with E-state index < -0.39 is 30.1 Å². The minimum Gasteiger partial charge on any atom is -0.486 e. The predicted octanol–water partition coefficient (Wildman–Crippen LogP) is 5.26. The Hall–Kier alpha value is -3.02. The Balaban J connectivity index is 1.64. The Morgan fingerprint density at radius 3 is 2.38 bits per heavy atom. The topological polar surface area (TPSA) is 83.0 Å². The molecule has 1 N–H and O–H groups in total. The van der Waals surface area contributed by atoms with Gasteiger partial charge in [0.25, 0.3) is 5.91 Å². The Labute approximate surface area is 223 Å². The van der Waals surface area contributed by atoms with Gasteiger partial charge in [0.1, 0.15) is 29.6 Å². The van der Waals surface area contributed by atoms with Crippen LogP contribution in [0, 0.1) is 11.6 Å². The molecule has 1 heterocycles. The molecule has 0 unspecified atom stereocenters. The molecule has 0 spiro atoms. The first kappa shape index (κ1) is 28.5. The summed E-state index contributed by atoms with van der Waals surface area (Å²) in [6.45, 7) is 6.23. The molecule has 1 amide bonds. The van der Waals surface area contributed by atoms with Crippen LogP contribution in [0.1, 0.15) is 29.3 Å². The zero-order chi connectivity index (χ0) is 26.9. The van der Waals surface area contributed by atoms with E-state index in [1.54, 1.807) is 35.9 Å². The average molecular weight is 550 g/mol. The molecule has 0 saturated carbocycles. The SMILES string of the molecule is CCN(CC)CCN(CC(=O)O)C(=O)c1csc(COc2ccc(-c3cc(F)c(F)cc3SC)cc2)n1. The summed E-state index contributed by atoms with van der Waals surface area (Å²) < 4.78 is 33.1. The largest absolute Gasteiger partial charge is 0.486 e. The van der Waals surface area contributed by atoms with Crippen LogP contribution < -0.4 is 4.74 Å². The molecule has 7 nitrogen and oxygen atoms in total. The fourth-order valence-electron chi connectivity index (χ4n) is 3.65. The van der Waals surface area contributed by atoms with Crippen LogP contribution >= 0.6 is 23.1 Å². The number of carboxylic acids is 1. The van der Waals surface area contributed by atoms with Gasteiger partial charge in [-0.05, 0) is 54.7 Å². The van der Waals surface area contributed by atoms with Crippen molar-refractivity contribution >= 4 is 35.0 Å². The lowest BCUT2D eigenvalue weighted by molar-refractivity contribution is -0.137. The van der Waals surface area contributed by atoms with Crippen molar-refractivity contribution in [3.63, 3.8) is 0 Å². The number of carboxylic acid groups (broad SMARTS) is 1. The second kappa shape index (κ2) is 13.5. The summed E-state index contributed by atoms with van der Waals surface area (Å²) in [7, 11) is 0. The molecular formula is C26H29F2N3O4S2. The molecule has 0 aliphatic rings. The van der Waals surface area contributed by atoms with E-state index in [-0.39, 0.29) is 12.3 Å². The molecule has 11 heteroatoms. The average Bonchev–Trinajstić information content (AvgIpc) is 3.37. The fourth-order valence-corrected chi connectivity index (χ4v) is 4.95. The lowest BCUT2D eigenvalue weighted by Gasteiger charge is -2.24. The highest BCUT2D eigenvalue weighted by Crippen LogP contribution is 2.33. The molecule has 0 atom stereocenters. The molecule has 0 aliphatic carbocycles. The van der Waals surface area contributed by atoms with Crippen molar-refractivity contribution in [2.24, 2.45) is 0 Å². The normalized spacial score (nSPS) is 11.1. The highest BCUT2D eigenvalue weighted by molar-refractivity contribution is 7.98. The number of amides is 1. The number of benzene rings is 2. The van der Waals surface area contributed by atoms with Crippen LogP contribution in [0.25, 0.3) is 11.1 Å². The van der Waals surface area contributed by atoms with Crippen molar-refractivity contribution in [3.05, 3.63) is 64.1 Å². The lowest BCUT2D eigenvalue weighted by atomic mass is 10.1. The standard InChI is InChI=1S/C26H29F2N3O4S2/c1-4-30(5-2)10-11-31(14-25(32)33)26(34)22-16-37-24(29-22)15-35-18-8-6-17(7-9-18)19-12-20(27)21(28)13-23(19)36-3/h6-9,12-13,16H,4-5,10-11,14-15H2,1-3H3,(H,32,33). The van der Waals surface area contributed by atoms with Gasteiger partial charge in [-0.3, -0.25) is 9.59 Å². The Bertz CT molecular complexity index is 1220. The zero-order valence-corrected chi connectivity index (χ0v) is 22.5. The van der Waals surface area contributed by atoms with Gasteiger partial charge in [-0.15, -0.1) is 23.1 Å². The highest BCUT2D eigenvalue weighted by Gasteiger charge is 2.22. The third-order valence-corrected chi connectivity index (χ3v) is 7.33. The Kier molecular flexibility index (Phi) is 10.4. The van der Waals surface area contributed by atoms with Crippen molar-refractivity contribution in [3.8, 4) is 16.9 Å². The number of thiazole rings is 1. The van der Waals surface area contributed by atoms with Gasteiger partial charge < -0.3 is 19.6 Å². The first-order valence-electron chi connectivity index (χ1n) is 11.7. The molecule has 37 heavy (non-hydrogen) atoms. The van der Waals surface area contributed by atoms with E-state index in [4.69, 9.17) is 4.74 Å². The Morgan fingerprint density at radius 1 is 1.08 bits per heavy atom. The van der Waals surface area contributed by atoms with Crippen LogP contribution in [0.2, 0.25) is 0 Å². The molecule has 0 fully saturated rings. The van der Waals surface area contributed by atoms with Gasteiger partial charge in [-0.2, -0.15) is 0 Å². The summed E-state index contributed by atoms with van der Waals surface area (Å²) >= 11 is 2.58. The third kappa shape index (κ3) is 7.73. The smallest absolute Gasteiger partial charge is 0.323 e. The summed E-state index contributed by atoms with van der Waals surface area (Å²) in [6.07, 6.45) is 1.80. The molecular weight excluding hydrogens is 520 g/mol. The number of likely N-dealkylation sites (N-methyl/N-ethyl adjacent to an activating group) is 1. The van der Waals surface area contributed by atoms with Crippen molar-refractivity contribution in [2.45, 2.75) is 25.3 Å². The molecule has 3 aromatic rings. The number of aromatic nitrogens is 1. The van der Waals surface area contributed by atoms with Crippen molar-refractivity contribution in [1.82, 2.24) is 14.8 Å². The van der Waals surface area contributed by atoms with Crippen molar-refractivity contribution < 1.29 is 28.2 Å². The van der Waals surface area contributed by atoms with Gasteiger partial charge >= 0.3 is 5.97 Å². The molecule has 3 rings (SSSR count). The maximum atomic E-state index is 13.8. The highest BCUT2D eigenvalue weighted by atomic mass is 32.2. The van der Waals surface area contributed by atoms with Gasteiger partial charge in [-0.1, -0.05) is 26.0 Å². The molecule has 2 aromatic carbocycles. The van der Waals surface area contributed by atoms with E-state index in [1.165, 1.54) is 40.1 Å². The first-order chi connectivity index (χ1) is 17.7. The second-order valence-electron chi connectivity index (χ2n) is 8.05. The number of aliphatic carboxylic acids is 1. The quantitative estimate of drug-likeness (QED) is 0.291. The van der Waals surface area contributed by atoms with E-state index in [2.05, 4.69) is 9.88 Å². The number of rotatable bonds is 13. The van der Waals surface area contributed by atoms with Crippen LogP contribution in [-0.2, 0) is 11.4 Å². The summed E-state index contributed by atoms with van der Waals surface area (Å²) in [5, 5.41) is 11.4. The van der Waals surface area contributed by atoms with E-state index in [9.17, 15) is 23.5 Å². The van der Waals surface area contributed by atoms with Crippen LogP contribution in [-0.4, -0.2) is 70.7 Å². The second-order valence-corrected chi connectivity index (χ2v) is 9.84. The summed E-state index contributed by atoms with van der Waals surface area (Å²) in [5.74, 6) is -2.76. The van der Waals surface area contributed by atoms with E-state index in [0.29, 0.717) is 34.3 Å². The zero-order valence-electron chi connectivity index (χ0n) is 20.9. The van der Waals surface area contributed by atoms with Gasteiger partial charge in [0, 0.05) is 23.4 Å². The number of nitrogens with zero attached hydrogens (tertiary/aromatic N) is 3. The number of hydrogen-bond donors (Lipinski definition) is 1. The molecule has 0 saturated heterocycles. The molecule has 0 bridgehead atoms. The van der Waals surface area contributed by atoms with Crippen molar-refractivity contribution in [2.75, 3.05) is 39.0 Å². The van der Waals surface area contributed by atoms with Gasteiger partial charge in [-0.25, -0.2) is 13.8 Å². The minimum atomic E-state index is -1.08. The number of ether oxygens (including phenoxy) is 1. The van der Waals surface area contributed by atoms with Gasteiger partial charge in [0.2, 0.25) is 0 Å². The lowest BCUT2D eigenvalue weighted by Crippen LogP contribution is -2.41. The van der Waals surface area contributed by atoms with E-state index >= 15 is 0 Å². The molecule has 1 aromatic heterocycles. The monoisotopic (exact) mass is 549 g/mol. The number of thioether (sulfide) groups is 1. The van der Waals surface area contributed by atoms with Gasteiger partial charge in [0.15, 0.2) is 11.6 Å². The number of carbonyl (C=O) groups is 2. The minimum absolute atomic E-state index is 0.122. The summed E-state index contributed by atoms with van der Waals surface area (Å²) in [6, 6.07) is 9.34. The molecule has 198 valence electrons. The van der Waals surface area contributed by atoms with Crippen LogP contribution in [0.15, 0.2) is 46.7 Å². The summed E-state index contributed by atoms with van der Waals surface area (Å²) in [5.41, 5.74) is 1.50. The Morgan fingerprint density at radius 2 is 1.76 bits per heavy atom. The first-order valence-corrected chi connectivity index (χ1v) is 13.8. The van der Waals surface area contributed by atoms with Crippen LogP contribution in [0.3, 0.4) is 0 Å². The van der Waals surface area contributed by atoms with E-state index in [0.717, 1.165) is 18.7 Å². The maximum Gasteiger partial charge on any atom is 0.323 e. The van der Waals surface area contributed by atoms with Gasteiger partial charge in [0.05, 0.1) is 0 Å². The van der Waals surface area contributed by atoms with Crippen LogP contribution in [0.5, 0.6) is 5.75 Å². The molecule has 0 aliphatic heterocycles. The fraction of sp³-hybridized carbons (Fsp3) is 0.346. The predicted molar refractivity (Wildman–Crippen MR) is 141 cm³/mol. The summed E-state index contributed by atoms with van der Waals surface area (Å²) in [4.78, 5) is 32.6. The maximum absolute atomic E-state index is 13.8. The number of halogens is 2. The van der Waals surface area contributed by atoms with Crippen molar-refractivity contribution in [1.29, 1.82) is 0 Å².